The largest absolute Gasteiger partial charge is 0.373 e. The van der Waals surface area contributed by atoms with E-state index in [4.69, 9.17) is 0 Å². The van der Waals surface area contributed by atoms with Gasteiger partial charge in [0.15, 0.2) is 0 Å². The third kappa shape index (κ3) is 2.67. The molecule has 2 N–H and O–H groups in total. The van der Waals surface area contributed by atoms with Crippen molar-refractivity contribution in [2.24, 2.45) is 0 Å². The van der Waals surface area contributed by atoms with E-state index in [1.165, 1.54) is 18.9 Å². The number of likely N-dealkylation sites (tertiary alicyclic amines) is 1. The highest BCUT2D eigenvalue weighted by atomic mass is 16.6. The fourth-order valence-electron chi connectivity index (χ4n) is 2.71. The van der Waals surface area contributed by atoms with Crippen LogP contribution in [0.25, 0.3) is 0 Å². The van der Waals surface area contributed by atoms with Crippen LogP contribution in [-0.4, -0.2) is 47.0 Å². The van der Waals surface area contributed by atoms with Gasteiger partial charge in [-0.05, 0) is 25.3 Å². The van der Waals surface area contributed by atoms with Crippen molar-refractivity contribution < 1.29 is 4.92 Å². The minimum atomic E-state index is -0.387. The maximum Gasteiger partial charge on any atom is 0.311 e. The first kappa shape index (κ1) is 13.1. The minimum absolute atomic E-state index is 0.0360. The molecule has 1 atom stereocenters. The van der Waals surface area contributed by atoms with Crippen LogP contribution >= 0.6 is 0 Å². The molecule has 7 nitrogen and oxygen atoms in total. The summed E-state index contributed by atoms with van der Waals surface area (Å²) in [6.07, 6.45) is 3.60. The SMILES string of the molecule is CNc1ccc([N+](=O)[O-])c(NC2CCN(C3CC3)C2)n1. The van der Waals surface area contributed by atoms with Crippen molar-refractivity contribution in [1.82, 2.24) is 9.88 Å². The van der Waals surface area contributed by atoms with Crippen LogP contribution in [-0.2, 0) is 0 Å². The van der Waals surface area contributed by atoms with Crippen molar-refractivity contribution in [3.8, 4) is 0 Å². The number of nitrogens with zero attached hydrogens (tertiary/aromatic N) is 3. The minimum Gasteiger partial charge on any atom is -0.373 e. The molecule has 1 unspecified atom stereocenters. The molecule has 1 saturated heterocycles. The third-order valence-corrected chi connectivity index (χ3v) is 3.95. The van der Waals surface area contributed by atoms with Gasteiger partial charge in [-0.2, -0.15) is 0 Å². The van der Waals surface area contributed by atoms with Crippen molar-refractivity contribution in [1.29, 1.82) is 0 Å². The number of rotatable bonds is 5. The molecule has 1 aliphatic carbocycles. The predicted octanol–water partition coefficient (Wildman–Crippen LogP) is 1.68. The van der Waals surface area contributed by atoms with Crippen molar-refractivity contribution >= 4 is 17.3 Å². The predicted molar refractivity (Wildman–Crippen MR) is 77.1 cm³/mol. The summed E-state index contributed by atoms with van der Waals surface area (Å²) in [5.74, 6) is 1.000. The summed E-state index contributed by atoms with van der Waals surface area (Å²) in [6.45, 7) is 2.02. The fourth-order valence-corrected chi connectivity index (χ4v) is 2.71. The summed E-state index contributed by atoms with van der Waals surface area (Å²) < 4.78 is 0. The molecule has 0 radical (unpaired) electrons. The first-order valence-electron chi connectivity index (χ1n) is 7.01. The monoisotopic (exact) mass is 277 g/mol. The second-order valence-corrected chi connectivity index (χ2v) is 5.43. The van der Waals surface area contributed by atoms with Gasteiger partial charge in [-0.25, -0.2) is 4.98 Å². The molecule has 3 rings (SSSR count). The Kier molecular flexibility index (Phi) is 3.43. The van der Waals surface area contributed by atoms with Gasteiger partial charge in [-0.15, -0.1) is 0 Å². The van der Waals surface area contributed by atoms with Gasteiger partial charge in [0.05, 0.1) is 4.92 Å². The van der Waals surface area contributed by atoms with Crippen LogP contribution in [0.1, 0.15) is 19.3 Å². The highest BCUT2D eigenvalue weighted by molar-refractivity contribution is 5.60. The lowest BCUT2D eigenvalue weighted by molar-refractivity contribution is -0.384. The van der Waals surface area contributed by atoms with Gasteiger partial charge in [0.2, 0.25) is 5.82 Å². The number of hydrogen-bond donors (Lipinski definition) is 2. The van der Waals surface area contributed by atoms with Crippen LogP contribution in [0.2, 0.25) is 0 Å². The van der Waals surface area contributed by atoms with E-state index in [2.05, 4.69) is 20.5 Å². The quantitative estimate of drug-likeness (QED) is 0.629. The normalized spacial score (nSPS) is 22.8. The summed E-state index contributed by atoms with van der Waals surface area (Å²) in [7, 11) is 1.75. The van der Waals surface area contributed by atoms with Crippen molar-refractivity contribution in [3.63, 3.8) is 0 Å². The highest BCUT2D eigenvalue weighted by Crippen LogP contribution is 2.31. The summed E-state index contributed by atoms with van der Waals surface area (Å²) in [5, 5.41) is 17.2. The third-order valence-electron chi connectivity index (χ3n) is 3.95. The average Bonchev–Trinajstić information content (AvgIpc) is 3.19. The molecule has 7 heteroatoms. The van der Waals surface area contributed by atoms with Crippen molar-refractivity contribution in [3.05, 3.63) is 22.2 Å². The first-order valence-corrected chi connectivity index (χ1v) is 7.01. The number of aromatic nitrogens is 1. The zero-order valence-corrected chi connectivity index (χ0v) is 11.5. The van der Waals surface area contributed by atoms with Crippen LogP contribution in [0.5, 0.6) is 0 Å². The summed E-state index contributed by atoms with van der Waals surface area (Å²) >= 11 is 0. The Morgan fingerprint density at radius 3 is 2.85 bits per heavy atom. The number of nitro groups is 1. The summed E-state index contributed by atoms with van der Waals surface area (Å²) in [4.78, 5) is 17.4. The molecule has 1 aromatic heterocycles. The first-order chi connectivity index (χ1) is 9.67. The van der Waals surface area contributed by atoms with E-state index in [0.29, 0.717) is 11.6 Å². The van der Waals surface area contributed by atoms with Gasteiger partial charge in [-0.1, -0.05) is 0 Å². The van der Waals surface area contributed by atoms with E-state index in [1.54, 1.807) is 13.1 Å². The Balaban J connectivity index is 1.73. The molecule has 2 heterocycles. The van der Waals surface area contributed by atoms with Gasteiger partial charge in [0.25, 0.3) is 0 Å². The van der Waals surface area contributed by atoms with Crippen LogP contribution in [0.4, 0.5) is 17.3 Å². The maximum absolute atomic E-state index is 11.1. The topological polar surface area (TPSA) is 83.3 Å². The molecule has 0 aromatic carbocycles. The summed E-state index contributed by atoms with van der Waals surface area (Å²) in [5.41, 5.74) is 0.0360. The Bertz CT molecular complexity index is 517. The molecule has 108 valence electrons. The van der Waals surface area contributed by atoms with E-state index in [0.717, 1.165) is 25.6 Å². The Morgan fingerprint density at radius 2 is 2.20 bits per heavy atom. The Morgan fingerprint density at radius 1 is 1.40 bits per heavy atom. The molecule has 0 bridgehead atoms. The molecule has 0 amide bonds. The van der Waals surface area contributed by atoms with Crippen molar-refractivity contribution in [2.45, 2.75) is 31.3 Å². The second-order valence-electron chi connectivity index (χ2n) is 5.43. The van der Waals surface area contributed by atoms with E-state index in [9.17, 15) is 10.1 Å². The zero-order valence-electron chi connectivity index (χ0n) is 11.5. The van der Waals surface area contributed by atoms with Gasteiger partial charge >= 0.3 is 5.69 Å². The van der Waals surface area contributed by atoms with Gasteiger partial charge < -0.3 is 10.6 Å². The van der Waals surface area contributed by atoms with Gasteiger partial charge in [-0.3, -0.25) is 15.0 Å². The smallest absolute Gasteiger partial charge is 0.311 e. The number of hydrogen-bond acceptors (Lipinski definition) is 6. The van der Waals surface area contributed by atoms with Crippen LogP contribution in [0.3, 0.4) is 0 Å². The fraction of sp³-hybridized carbons (Fsp3) is 0.615. The number of pyridine rings is 1. The standard InChI is InChI=1S/C13H19N5O2/c1-14-12-5-4-11(18(19)20)13(16-12)15-9-6-7-17(8-9)10-2-3-10/h4-5,9-10H,2-3,6-8H2,1H3,(H2,14,15,16). The van der Waals surface area contributed by atoms with Crippen LogP contribution < -0.4 is 10.6 Å². The van der Waals surface area contributed by atoms with Gasteiger partial charge in [0.1, 0.15) is 5.82 Å². The summed E-state index contributed by atoms with van der Waals surface area (Å²) in [6, 6.07) is 4.10. The second kappa shape index (κ2) is 5.24. The van der Waals surface area contributed by atoms with E-state index < -0.39 is 0 Å². The maximum atomic E-state index is 11.1. The molecular weight excluding hydrogens is 258 g/mol. The lowest BCUT2D eigenvalue weighted by atomic mass is 10.2. The molecule has 1 saturated carbocycles. The van der Waals surface area contributed by atoms with E-state index >= 15 is 0 Å². The lowest BCUT2D eigenvalue weighted by Crippen LogP contribution is -2.28. The molecule has 0 spiro atoms. The molecule has 1 aromatic rings. The number of nitrogens with one attached hydrogen (secondary N) is 2. The van der Waals surface area contributed by atoms with E-state index in [1.807, 2.05) is 0 Å². The lowest BCUT2D eigenvalue weighted by Gasteiger charge is -2.16. The Hall–Kier alpha value is -1.89. The Labute approximate surface area is 117 Å². The molecule has 1 aliphatic heterocycles. The average molecular weight is 277 g/mol. The number of anilines is 2. The molecule has 2 aliphatic rings. The van der Waals surface area contributed by atoms with Gasteiger partial charge in [0, 0.05) is 38.3 Å². The molecule has 20 heavy (non-hydrogen) atoms. The van der Waals surface area contributed by atoms with Crippen LogP contribution in [0.15, 0.2) is 12.1 Å². The molecular formula is C13H19N5O2. The molecule has 2 fully saturated rings. The van der Waals surface area contributed by atoms with E-state index in [-0.39, 0.29) is 16.7 Å². The van der Waals surface area contributed by atoms with Crippen molar-refractivity contribution in [2.75, 3.05) is 30.8 Å². The van der Waals surface area contributed by atoms with Crippen LogP contribution in [0, 0.1) is 10.1 Å². The highest BCUT2D eigenvalue weighted by Gasteiger charge is 2.35. The zero-order chi connectivity index (χ0) is 14.1.